The number of ether oxygens (including phenoxy) is 1. The number of rotatable bonds is 7. The lowest BCUT2D eigenvalue weighted by Gasteiger charge is -2.22. The lowest BCUT2D eigenvalue weighted by atomic mass is 10.1. The van der Waals surface area contributed by atoms with Crippen LogP contribution in [0.1, 0.15) is 34.0 Å². The SMILES string of the molecule is CCN1c2ncc(CCOc3cccc4c3CS(=O)(=O)N4Cc3ccncc3)cc2C(=O)N(C)c2cccnc21. The van der Waals surface area contributed by atoms with E-state index >= 15 is 0 Å². The van der Waals surface area contributed by atoms with Crippen molar-refractivity contribution in [3.8, 4) is 5.75 Å². The Morgan fingerprint density at radius 2 is 1.75 bits per heavy atom. The largest absolute Gasteiger partial charge is 0.493 e. The molecule has 0 N–H and O–H groups in total. The Labute approximate surface area is 232 Å². The quantitative estimate of drug-likeness (QED) is 0.335. The highest BCUT2D eigenvalue weighted by Crippen LogP contribution is 2.40. The minimum atomic E-state index is -3.53. The summed E-state index contributed by atoms with van der Waals surface area (Å²) in [7, 11) is -1.79. The first-order valence-corrected chi connectivity index (χ1v) is 14.6. The molecule has 11 heteroatoms. The molecule has 0 radical (unpaired) electrons. The lowest BCUT2D eigenvalue weighted by Crippen LogP contribution is -2.26. The molecule has 0 atom stereocenters. The third-order valence-corrected chi connectivity index (χ3v) is 8.83. The summed E-state index contributed by atoms with van der Waals surface area (Å²) in [5.41, 5.74) is 4.20. The van der Waals surface area contributed by atoms with Crippen LogP contribution in [0.5, 0.6) is 5.75 Å². The van der Waals surface area contributed by atoms with Gasteiger partial charge in [-0.05, 0) is 60.5 Å². The number of benzene rings is 1. The van der Waals surface area contributed by atoms with E-state index in [0.717, 1.165) is 16.8 Å². The van der Waals surface area contributed by atoms with E-state index in [1.54, 1.807) is 67.1 Å². The van der Waals surface area contributed by atoms with Gasteiger partial charge in [-0.25, -0.2) is 18.4 Å². The minimum Gasteiger partial charge on any atom is -0.493 e. The molecule has 0 aliphatic carbocycles. The monoisotopic (exact) mass is 556 g/mol. The fraction of sp³-hybridized carbons (Fsp3) is 0.241. The molecule has 3 aromatic heterocycles. The zero-order chi connectivity index (χ0) is 27.9. The van der Waals surface area contributed by atoms with Gasteiger partial charge in [-0.1, -0.05) is 6.07 Å². The van der Waals surface area contributed by atoms with E-state index in [9.17, 15) is 13.2 Å². The highest BCUT2D eigenvalue weighted by Gasteiger charge is 2.35. The van der Waals surface area contributed by atoms with E-state index in [1.807, 2.05) is 30.0 Å². The van der Waals surface area contributed by atoms with Crippen LogP contribution in [0.15, 0.2) is 73.3 Å². The number of hydrogen-bond acceptors (Lipinski definition) is 8. The van der Waals surface area contributed by atoms with Gasteiger partial charge in [0.15, 0.2) is 5.82 Å². The minimum absolute atomic E-state index is 0.119. The van der Waals surface area contributed by atoms with E-state index in [2.05, 4.69) is 15.0 Å². The fourth-order valence-corrected chi connectivity index (χ4v) is 6.78. The molecule has 0 spiro atoms. The molecule has 204 valence electrons. The van der Waals surface area contributed by atoms with Gasteiger partial charge in [-0.15, -0.1) is 0 Å². The van der Waals surface area contributed by atoms with Gasteiger partial charge in [0, 0.05) is 50.4 Å². The molecule has 6 rings (SSSR count). The molecular weight excluding hydrogens is 528 g/mol. The molecule has 5 heterocycles. The maximum absolute atomic E-state index is 13.4. The van der Waals surface area contributed by atoms with E-state index in [-0.39, 0.29) is 18.2 Å². The second-order valence-corrected chi connectivity index (χ2v) is 11.5. The Morgan fingerprint density at radius 3 is 2.55 bits per heavy atom. The third kappa shape index (κ3) is 4.51. The van der Waals surface area contributed by atoms with Crippen LogP contribution in [0.3, 0.4) is 0 Å². The van der Waals surface area contributed by atoms with Crippen molar-refractivity contribution in [1.29, 1.82) is 0 Å². The normalized spacial score (nSPS) is 15.3. The van der Waals surface area contributed by atoms with Crippen LogP contribution < -0.4 is 18.8 Å². The molecule has 0 bridgehead atoms. The smallest absolute Gasteiger partial charge is 0.261 e. The number of nitrogens with zero attached hydrogens (tertiary/aromatic N) is 6. The number of pyridine rings is 3. The maximum Gasteiger partial charge on any atom is 0.261 e. The lowest BCUT2D eigenvalue weighted by molar-refractivity contribution is 0.0994. The summed E-state index contributed by atoms with van der Waals surface area (Å²) >= 11 is 0. The Balaban J connectivity index is 1.21. The van der Waals surface area contributed by atoms with Gasteiger partial charge in [-0.2, -0.15) is 0 Å². The molecule has 40 heavy (non-hydrogen) atoms. The number of amides is 1. The van der Waals surface area contributed by atoms with Crippen molar-refractivity contribution < 1.29 is 17.9 Å². The van der Waals surface area contributed by atoms with Crippen LogP contribution in [0, 0.1) is 0 Å². The number of hydrogen-bond donors (Lipinski definition) is 0. The predicted molar refractivity (Wildman–Crippen MR) is 153 cm³/mol. The van der Waals surface area contributed by atoms with Gasteiger partial charge in [-0.3, -0.25) is 14.1 Å². The van der Waals surface area contributed by atoms with Crippen LogP contribution in [0.2, 0.25) is 0 Å². The first kappa shape index (κ1) is 25.8. The van der Waals surface area contributed by atoms with Crippen molar-refractivity contribution in [2.24, 2.45) is 0 Å². The molecular formula is C29H28N6O4S. The zero-order valence-corrected chi connectivity index (χ0v) is 23.0. The molecule has 0 fully saturated rings. The van der Waals surface area contributed by atoms with Crippen molar-refractivity contribution in [3.63, 3.8) is 0 Å². The number of carbonyl (C=O) groups excluding carboxylic acids is 1. The second kappa shape index (κ2) is 10.2. The van der Waals surface area contributed by atoms with Gasteiger partial charge >= 0.3 is 0 Å². The van der Waals surface area contributed by atoms with Crippen molar-refractivity contribution in [2.45, 2.75) is 25.6 Å². The molecule has 1 amide bonds. The van der Waals surface area contributed by atoms with Gasteiger partial charge in [0.2, 0.25) is 10.0 Å². The number of fused-ring (bicyclic) bond motifs is 3. The molecule has 0 saturated heterocycles. The van der Waals surface area contributed by atoms with Crippen LogP contribution in [-0.4, -0.2) is 49.5 Å². The van der Waals surface area contributed by atoms with Gasteiger partial charge in [0.05, 0.1) is 30.1 Å². The Kier molecular flexibility index (Phi) is 6.59. The maximum atomic E-state index is 13.4. The standard InChI is InChI=1S/C29H28N6O4S/c1-3-34-27-22(29(36)33(2)25-7-5-12-31-28(25)34)16-21(17-32-27)11-15-39-26-8-4-6-24-23(26)19-40(37,38)35(24)18-20-9-13-30-14-10-20/h4-10,12-14,16-17H,3,11,15,18-19H2,1-2H3. The molecule has 10 nitrogen and oxygen atoms in total. The van der Waals surface area contributed by atoms with Crippen LogP contribution in [-0.2, 0) is 28.7 Å². The summed E-state index contributed by atoms with van der Waals surface area (Å²) in [5.74, 6) is 1.52. The fourth-order valence-electron chi connectivity index (χ4n) is 5.15. The number of carbonyl (C=O) groups is 1. The highest BCUT2D eigenvalue weighted by atomic mass is 32.2. The number of aromatic nitrogens is 3. The summed E-state index contributed by atoms with van der Waals surface area (Å²) < 4.78 is 33.6. The first-order chi connectivity index (χ1) is 19.4. The molecule has 0 unspecified atom stereocenters. The summed E-state index contributed by atoms with van der Waals surface area (Å²) in [5, 5.41) is 0. The predicted octanol–water partition coefficient (Wildman–Crippen LogP) is 4.09. The van der Waals surface area contributed by atoms with E-state index in [1.165, 1.54) is 4.31 Å². The van der Waals surface area contributed by atoms with Gasteiger partial charge in [0.1, 0.15) is 17.3 Å². The Bertz CT molecular complexity index is 1700. The van der Waals surface area contributed by atoms with Gasteiger partial charge in [0.25, 0.3) is 5.91 Å². The second-order valence-electron chi connectivity index (χ2n) is 9.64. The average molecular weight is 557 g/mol. The Hall–Kier alpha value is -4.51. The number of anilines is 4. The van der Waals surface area contributed by atoms with Gasteiger partial charge < -0.3 is 14.5 Å². The van der Waals surface area contributed by atoms with Crippen LogP contribution >= 0.6 is 0 Å². The topological polar surface area (TPSA) is 109 Å². The van der Waals surface area contributed by atoms with E-state index in [0.29, 0.717) is 53.8 Å². The molecule has 0 saturated carbocycles. The molecule has 4 aromatic rings. The summed E-state index contributed by atoms with van der Waals surface area (Å²) in [6.07, 6.45) is 7.25. The summed E-state index contributed by atoms with van der Waals surface area (Å²) in [6, 6.07) is 14.6. The van der Waals surface area contributed by atoms with E-state index < -0.39 is 10.0 Å². The van der Waals surface area contributed by atoms with Crippen molar-refractivity contribution in [1.82, 2.24) is 15.0 Å². The first-order valence-electron chi connectivity index (χ1n) is 13.0. The van der Waals surface area contributed by atoms with Crippen molar-refractivity contribution in [2.75, 3.05) is 34.3 Å². The zero-order valence-electron chi connectivity index (χ0n) is 22.2. The highest BCUT2D eigenvalue weighted by molar-refractivity contribution is 7.92. The van der Waals surface area contributed by atoms with E-state index in [4.69, 9.17) is 4.74 Å². The van der Waals surface area contributed by atoms with Crippen molar-refractivity contribution in [3.05, 3.63) is 95.6 Å². The average Bonchev–Trinajstić information content (AvgIpc) is 3.19. The van der Waals surface area contributed by atoms with Crippen LogP contribution in [0.4, 0.5) is 23.0 Å². The molecule has 1 aromatic carbocycles. The third-order valence-electron chi connectivity index (χ3n) is 7.18. The molecule has 2 aliphatic rings. The molecule has 2 aliphatic heterocycles. The summed E-state index contributed by atoms with van der Waals surface area (Å²) in [6.45, 7) is 3.13. The van der Waals surface area contributed by atoms with Crippen molar-refractivity contribution >= 4 is 38.9 Å². The number of sulfonamides is 1. The summed E-state index contributed by atoms with van der Waals surface area (Å²) in [4.78, 5) is 30.1. The van der Waals surface area contributed by atoms with Crippen LogP contribution in [0.25, 0.3) is 0 Å². The Morgan fingerprint density at radius 1 is 0.950 bits per heavy atom.